The van der Waals surface area contributed by atoms with Crippen LogP contribution in [-0.4, -0.2) is 58.2 Å². The molecule has 7 rings (SSSR count). The van der Waals surface area contributed by atoms with E-state index in [-0.39, 0.29) is 69.6 Å². The maximum atomic E-state index is 14.7. The first-order valence-corrected chi connectivity index (χ1v) is 16.5. The summed E-state index contributed by atoms with van der Waals surface area (Å²) < 4.78 is 12.6. The zero-order valence-electron chi connectivity index (χ0n) is 28.3. The van der Waals surface area contributed by atoms with Crippen molar-refractivity contribution in [2.24, 2.45) is 5.92 Å². The van der Waals surface area contributed by atoms with Crippen molar-refractivity contribution in [2.75, 3.05) is 0 Å². The van der Waals surface area contributed by atoms with Gasteiger partial charge in [-0.2, -0.15) is 0 Å². The van der Waals surface area contributed by atoms with Crippen molar-refractivity contribution in [3.05, 3.63) is 112 Å². The average Bonchev–Trinajstić information content (AvgIpc) is 3.31. The van der Waals surface area contributed by atoms with E-state index in [0.29, 0.717) is 5.57 Å². The fourth-order valence-electron chi connectivity index (χ4n) is 7.85. The van der Waals surface area contributed by atoms with E-state index in [4.69, 9.17) is 9.47 Å². The van der Waals surface area contributed by atoms with E-state index >= 15 is 0 Å². The van der Waals surface area contributed by atoms with Crippen molar-refractivity contribution in [3.8, 4) is 51.7 Å². The normalized spacial score (nSPS) is 24.4. The molecule has 0 unspecified atom stereocenters. The van der Waals surface area contributed by atoms with Gasteiger partial charge < -0.3 is 50.3 Å². The number of hydrogen-bond acceptors (Lipinski definition) is 12. The van der Waals surface area contributed by atoms with Gasteiger partial charge in [0.15, 0.2) is 5.78 Å². The molecule has 52 heavy (non-hydrogen) atoms. The number of carbonyl (C=O) groups excluding carboxylic acids is 2. The molecule has 12 nitrogen and oxygen atoms in total. The number of fused-ring (bicyclic) bond motifs is 4. The molecule has 0 fully saturated rings. The zero-order chi connectivity index (χ0) is 37.4. The second-order valence-corrected chi connectivity index (χ2v) is 13.9. The number of hydrogen-bond donors (Lipinski definition) is 8. The number of Topliss-reactive ketones (excluding diaryl/α,β-unsaturated/α-hetero) is 2. The number of phenols is 7. The van der Waals surface area contributed by atoms with Crippen LogP contribution in [0, 0.1) is 5.92 Å². The lowest BCUT2D eigenvalue weighted by atomic mass is 9.64. The Morgan fingerprint density at radius 2 is 1.48 bits per heavy atom. The van der Waals surface area contributed by atoms with Gasteiger partial charge >= 0.3 is 5.79 Å². The Hall–Kier alpha value is -6.14. The summed E-state index contributed by atoms with van der Waals surface area (Å²) in [5.74, 6) is -11.0. The summed E-state index contributed by atoms with van der Waals surface area (Å²) in [5.41, 5.74) is -0.864. The highest BCUT2D eigenvalue weighted by Gasteiger charge is 2.70. The summed E-state index contributed by atoms with van der Waals surface area (Å²) in [5, 5.41) is 87.4. The second-order valence-electron chi connectivity index (χ2n) is 13.9. The van der Waals surface area contributed by atoms with Gasteiger partial charge in [0.1, 0.15) is 57.3 Å². The molecule has 268 valence electrons. The van der Waals surface area contributed by atoms with E-state index in [1.807, 2.05) is 0 Å². The summed E-state index contributed by atoms with van der Waals surface area (Å²) in [6, 6.07) is 12.3. The maximum Gasteiger partial charge on any atom is 0.318 e. The van der Waals surface area contributed by atoms with Gasteiger partial charge in [-0.3, -0.25) is 9.59 Å². The minimum absolute atomic E-state index is 0.0526. The lowest BCUT2D eigenvalue weighted by molar-refractivity contribution is -0.202. The van der Waals surface area contributed by atoms with Crippen molar-refractivity contribution >= 4 is 11.6 Å². The summed E-state index contributed by atoms with van der Waals surface area (Å²) in [6.45, 7) is 5.37. The number of ketones is 2. The highest BCUT2D eigenvalue weighted by atomic mass is 16.7. The molecule has 3 aliphatic rings. The fraction of sp³-hybridized carbons (Fsp3) is 0.250. The first-order chi connectivity index (χ1) is 24.6. The molecule has 0 saturated carbocycles. The highest BCUT2D eigenvalue weighted by Crippen LogP contribution is 2.62. The maximum absolute atomic E-state index is 14.7. The molecule has 2 heterocycles. The first-order valence-electron chi connectivity index (χ1n) is 16.5. The Bertz CT molecular complexity index is 2250. The molecule has 0 amide bonds. The van der Waals surface area contributed by atoms with Crippen LogP contribution in [0.1, 0.15) is 82.9 Å². The summed E-state index contributed by atoms with van der Waals surface area (Å²) in [4.78, 5) is 29.3. The smallest absolute Gasteiger partial charge is 0.318 e. The van der Waals surface area contributed by atoms with Crippen molar-refractivity contribution in [3.63, 3.8) is 0 Å². The third kappa shape index (κ3) is 5.09. The van der Waals surface area contributed by atoms with Crippen LogP contribution in [0.4, 0.5) is 0 Å². The Morgan fingerprint density at radius 1 is 0.827 bits per heavy atom. The average molecular weight is 709 g/mol. The van der Waals surface area contributed by atoms with E-state index in [9.17, 15) is 50.4 Å². The second kappa shape index (κ2) is 12.0. The Kier molecular flexibility index (Phi) is 7.91. The molecule has 12 heteroatoms. The van der Waals surface area contributed by atoms with E-state index in [0.717, 1.165) is 23.8 Å². The predicted octanol–water partition coefficient (Wildman–Crippen LogP) is 6.25. The minimum Gasteiger partial charge on any atom is -0.508 e. The standard InChI is InChI=1S/C40H36O12/c1-18(2)10-11-39-27-9-6-22(43)16-32(27)51-40(39,50)38(49)35-31(47)17-30(46)34(37(35)52-39)26-13-19(3)12-25(23-7-4-20(41)14-28(23)44)33(26)36(48)24-8-5-21(42)15-29(24)45/h4-10,13-17,25-26,33,41-47,50H,11-12H2,1-3H3/t25-,26+,33-,39-,40-/m1/s1. The third-order valence-corrected chi connectivity index (χ3v) is 10.2. The Morgan fingerprint density at radius 3 is 2.15 bits per heavy atom. The number of aliphatic hydroxyl groups is 1. The molecular weight excluding hydrogens is 672 g/mol. The van der Waals surface area contributed by atoms with E-state index < -0.39 is 63.5 Å². The number of ether oxygens (including phenoxy) is 2. The minimum atomic E-state index is -2.75. The van der Waals surface area contributed by atoms with Gasteiger partial charge in [-0.1, -0.05) is 29.4 Å². The van der Waals surface area contributed by atoms with Crippen LogP contribution in [0.15, 0.2) is 84.0 Å². The van der Waals surface area contributed by atoms with E-state index in [1.54, 1.807) is 32.9 Å². The predicted molar refractivity (Wildman–Crippen MR) is 185 cm³/mol. The topological polar surface area (TPSA) is 214 Å². The molecule has 0 bridgehead atoms. The molecule has 2 aliphatic heterocycles. The van der Waals surface area contributed by atoms with Crippen LogP contribution in [0.25, 0.3) is 0 Å². The quantitative estimate of drug-likeness (QED) is 0.0824. The van der Waals surface area contributed by atoms with Gasteiger partial charge in [-0.05, 0) is 63.1 Å². The number of aromatic hydroxyl groups is 7. The third-order valence-electron chi connectivity index (χ3n) is 10.2. The molecule has 8 N–H and O–H groups in total. The summed E-state index contributed by atoms with van der Waals surface area (Å²) in [6.07, 6.45) is 3.47. The molecule has 0 aromatic heterocycles. The Labute approximate surface area is 297 Å². The SMILES string of the molecule is CC(C)=CC[C@]12Oc3c(c(O)cc(O)c3[C@H]3C=C(C)C[C@H](c4ccc(O)cc4O)[C@H]3C(=O)c3ccc(O)cc3O)C(=O)[C@@]1(O)Oc1cc(O)ccc12. The van der Waals surface area contributed by atoms with Gasteiger partial charge in [0, 0.05) is 59.6 Å². The number of rotatable bonds is 6. The van der Waals surface area contributed by atoms with Crippen LogP contribution in [0.3, 0.4) is 0 Å². The first kappa shape index (κ1) is 34.3. The molecule has 5 atom stereocenters. The van der Waals surface area contributed by atoms with Crippen molar-refractivity contribution < 1.29 is 59.9 Å². The molecular formula is C40H36O12. The van der Waals surface area contributed by atoms with E-state index in [2.05, 4.69) is 0 Å². The van der Waals surface area contributed by atoms with Crippen LogP contribution in [-0.2, 0) is 5.60 Å². The molecule has 4 aromatic carbocycles. The van der Waals surface area contributed by atoms with Gasteiger partial charge in [-0.25, -0.2) is 0 Å². The number of allylic oxidation sites excluding steroid dienone is 3. The van der Waals surface area contributed by atoms with Crippen LogP contribution >= 0.6 is 0 Å². The van der Waals surface area contributed by atoms with Gasteiger partial charge in [0.25, 0.3) is 0 Å². The molecule has 0 saturated heterocycles. The lowest BCUT2D eigenvalue weighted by Gasteiger charge is -2.45. The monoisotopic (exact) mass is 708 g/mol. The van der Waals surface area contributed by atoms with Gasteiger partial charge in [0.2, 0.25) is 11.4 Å². The van der Waals surface area contributed by atoms with E-state index in [1.165, 1.54) is 42.5 Å². The van der Waals surface area contributed by atoms with Crippen LogP contribution in [0.2, 0.25) is 0 Å². The summed E-state index contributed by atoms with van der Waals surface area (Å²) in [7, 11) is 0. The number of benzene rings is 4. The molecule has 1 aliphatic carbocycles. The van der Waals surface area contributed by atoms with Crippen molar-refractivity contribution in [2.45, 2.75) is 56.8 Å². The molecule has 4 aromatic rings. The van der Waals surface area contributed by atoms with Crippen molar-refractivity contribution in [1.29, 1.82) is 0 Å². The van der Waals surface area contributed by atoms with Gasteiger partial charge in [-0.15, -0.1) is 0 Å². The van der Waals surface area contributed by atoms with Crippen LogP contribution < -0.4 is 9.47 Å². The fourth-order valence-corrected chi connectivity index (χ4v) is 7.85. The largest absolute Gasteiger partial charge is 0.508 e. The molecule has 0 radical (unpaired) electrons. The molecule has 0 spiro atoms. The van der Waals surface area contributed by atoms with Crippen molar-refractivity contribution in [1.82, 2.24) is 0 Å². The van der Waals surface area contributed by atoms with Crippen LogP contribution in [0.5, 0.6) is 51.7 Å². The Balaban J connectivity index is 1.51. The lowest BCUT2D eigenvalue weighted by Crippen LogP contribution is -2.62. The number of carbonyl (C=O) groups is 2. The number of phenolic OH excluding ortho intramolecular Hbond substituents is 7. The summed E-state index contributed by atoms with van der Waals surface area (Å²) >= 11 is 0. The highest BCUT2D eigenvalue weighted by molar-refractivity contribution is 6.09. The van der Waals surface area contributed by atoms with Gasteiger partial charge in [0.05, 0.1) is 5.56 Å². The zero-order valence-corrected chi connectivity index (χ0v) is 28.3.